The number of hydrogen-bond donors (Lipinski definition) is 0. The van der Waals surface area contributed by atoms with Gasteiger partial charge in [0, 0.05) is 12.8 Å². The van der Waals surface area contributed by atoms with E-state index in [1.54, 1.807) is 0 Å². The third kappa shape index (κ3) is 6.69. The zero-order chi connectivity index (χ0) is 20.0. The van der Waals surface area contributed by atoms with E-state index in [2.05, 4.69) is 13.8 Å². The number of alkyl halides is 2. The lowest BCUT2D eigenvalue weighted by Gasteiger charge is -2.40. The number of rotatable bonds is 8. The van der Waals surface area contributed by atoms with Crippen molar-refractivity contribution in [1.29, 1.82) is 0 Å². The Labute approximate surface area is 173 Å². The third-order valence-corrected chi connectivity index (χ3v) is 8.81. The molecule has 0 N–H and O–H groups in total. The van der Waals surface area contributed by atoms with Crippen molar-refractivity contribution in [3.05, 3.63) is 0 Å². The summed E-state index contributed by atoms with van der Waals surface area (Å²) in [6, 6.07) is 0. The van der Waals surface area contributed by atoms with Gasteiger partial charge >= 0.3 is 0 Å². The summed E-state index contributed by atoms with van der Waals surface area (Å²) in [7, 11) is 0. The van der Waals surface area contributed by atoms with Gasteiger partial charge in [-0.25, -0.2) is 8.78 Å². The standard InChI is InChI=1S/C26H46F2/c1-3-7-21-10-12-24(13-11-21)25-16-14-23(15-17-25)20(2)18-26(27,28)19-22-8-5-4-6-9-22/h20-25H,3-19H2,1-2H3. The molecule has 0 bridgehead atoms. The number of hydrogen-bond acceptors (Lipinski definition) is 0. The van der Waals surface area contributed by atoms with Gasteiger partial charge in [0.2, 0.25) is 5.92 Å². The van der Waals surface area contributed by atoms with Crippen molar-refractivity contribution in [2.24, 2.45) is 35.5 Å². The van der Waals surface area contributed by atoms with Crippen LogP contribution in [-0.4, -0.2) is 5.92 Å². The minimum Gasteiger partial charge on any atom is -0.207 e. The van der Waals surface area contributed by atoms with Crippen molar-refractivity contribution in [3.8, 4) is 0 Å². The fraction of sp³-hybridized carbons (Fsp3) is 1.00. The van der Waals surface area contributed by atoms with Crippen LogP contribution >= 0.6 is 0 Å². The molecule has 164 valence electrons. The Morgan fingerprint density at radius 2 is 1.32 bits per heavy atom. The molecular formula is C26H46F2. The first-order valence-electron chi connectivity index (χ1n) is 12.8. The molecule has 2 heteroatoms. The maximum Gasteiger partial charge on any atom is 0.248 e. The molecular weight excluding hydrogens is 350 g/mol. The molecule has 1 unspecified atom stereocenters. The van der Waals surface area contributed by atoms with Gasteiger partial charge in [-0.15, -0.1) is 0 Å². The minimum atomic E-state index is -2.43. The summed E-state index contributed by atoms with van der Waals surface area (Å²) in [6.07, 6.45) is 19.5. The lowest BCUT2D eigenvalue weighted by atomic mass is 9.66. The highest BCUT2D eigenvalue weighted by Gasteiger charge is 2.38. The lowest BCUT2D eigenvalue weighted by molar-refractivity contribution is -0.0555. The van der Waals surface area contributed by atoms with Crippen molar-refractivity contribution >= 4 is 0 Å². The predicted molar refractivity (Wildman–Crippen MR) is 116 cm³/mol. The van der Waals surface area contributed by atoms with Gasteiger partial charge in [-0.1, -0.05) is 71.6 Å². The van der Waals surface area contributed by atoms with E-state index < -0.39 is 5.92 Å². The van der Waals surface area contributed by atoms with Crippen LogP contribution in [0.25, 0.3) is 0 Å². The Morgan fingerprint density at radius 1 is 0.750 bits per heavy atom. The molecule has 3 saturated carbocycles. The van der Waals surface area contributed by atoms with E-state index >= 15 is 0 Å². The summed E-state index contributed by atoms with van der Waals surface area (Å²) in [5.74, 6) is 1.42. The first-order chi connectivity index (χ1) is 13.5. The smallest absolute Gasteiger partial charge is 0.207 e. The Hall–Kier alpha value is -0.140. The maximum atomic E-state index is 14.7. The van der Waals surface area contributed by atoms with E-state index in [9.17, 15) is 8.78 Å². The SMILES string of the molecule is CCCC1CCC(C2CCC(C(C)CC(F)(F)CC3CCCCC3)CC2)CC1. The van der Waals surface area contributed by atoms with Crippen molar-refractivity contribution in [2.75, 3.05) is 0 Å². The summed E-state index contributed by atoms with van der Waals surface area (Å²) in [4.78, 5) is 0. The zero-order valence-electron chi connectivity index (χ0n) is 18.7. The zero-order valence-corrected chi connectivity index (χ0v) is 18.7. The summed E-state index contributed by atoms with van der Waals surface area (Å²) < 4.78 is 29.4. The largest absolute Gasteiger partial charge is 0.248 e. The summed E-state index contributed by atoms with van der Waals surface area (Å²) in [5.41, 5.74) is 0. The van der Waals surface area contributed by atoms with Crippen molar-refractivity contribution in [3.63, 3.8) is 0 Å². The molecule has 3 rings (SSSR count). The first kappa shape index (κ1) is 22.5. The Kier molecular flexibility index (Phi) is 8.66. The van der Waals surface area contributed by atoms with Gasteiger partial charge in [0.15, 0.2) is 0 Å². The van der Waals surface area contributed by atoms with E-state index in [4.69, 9.17) is 0 Å². The van der Waals surface area contributed by atoms with Crippen LogP contribution in [0.1, 0.15) is 123 Å². The highest BCUT2D eigenvalue weighted by atomic mass is 19.3. The Balaban J connectivity index is 1.38. The van der Waals surface area contributed by atoms with Crippen LogP contribution in [0.5, 0.6) is 0 Å². The molecule has 3 aliphatic rings. The van der Waals surface area contributed by atoms with Crippen LogP contribution in [0.4, 0.5) is 8.78 Å². The second-order valence-corrected chi connectivity index (χ2v) is 11.0. The Morgan fingerprint density at radius 3 is 1.89 bits per heavy atom. The molecule has 3 aliphatic carbocycles. The van der Waals surface area contributed by atoms with E-state index in [0.29, 0.717) is 5.92 Å². The van der Waals surface area contributed by atoms with Gasteiger partial charge in [-0.3, -0.25) is 0 Å². The fourth-order valence-corrected chi connectivity index (χ4v) is 7.08. The molecule has 0 saturated heterocycles. The van der Waals surface area contributed by atoms with Crippen LogP contribution in [0, 0.1) is 35.5 Å². The van der Waals surface area contributed by atoms with E-state index in [1.165, 1.54) is 83.5 Å². The second kappa shape index (κ2) is 10.8. The quantitative estimate of drug-likeness (QED) is 0.384. The topological polar surface area (TPSA) is 0 Å². The van der Waals surface area contributed by atoms with Crippen LogP contribution < -0.4 is 0 Å². The van der Waals surface area contributed by atoms with Gasteiger partial charge in [0.05, 0.1) is 0 Å². The van der Waals surface area contributed by atoms with Crippen LogP contribution in [0.3, 0.4) is 0 Å². The molecule has 28 heavy (non-hydrogen) atoms. The molecule has 1 atom stereocenters. The number of halogens is 2. The molecule has 3 fully saturated rings. The summed E-state index contributed by atoms with van der Waals surface area (Å²) in [5, 5.41) is 0. The lowest BCUT2D eigenvalue weighted by Crippen LogP contribution is -2.31. The van der Waals surface area contributed by atoms with Gasteiger partial charge in [-0.2, -0.15) is 0 Å². The third-order valence-electron chi connectivity index (χ3n) is 8.81. The monoisotopic (exact) mass is 396 g/mol. The average molecular weight is 397 g/mol. The molecule has 0 nitrogen and oxygen atoms in total. The minimum absolute atomic E-state index is 0.140. The maximum absolute atomic E-state index is 14.7. The van der Waals surface area contributed by atoms with Gasteiger partial charge in [0.25, 0.3) is 0 Å². The van der Waals surface area contributed by atoms with Gasteiger partial charge < -0.3 is 0 Å². The fourth-order valence-electron chi connectivity index (χ4n) is 7.08. The molecule has 0 amide bonds. The van der Waals surface area contributed by atoms with Crippen LogP contribution in [-0.2, 0) is 0 Å². The molecule has 0 radical (unpaired) electrons. The molecule has 0 aromatic carbocycles. The van der Waals surface area contributed by atoms with Gasteiger partial charge in [-0.05, 0) is 74.0 Å². The predicted octanol–water partition coefficient (Wildman–Crippen LogP) is 9.03. The first-order valence-corrected chi connectivity index (χ1v) is 12.8. The van der Waals surface area contributed by atoms with Crippen LogP contribution in [0.15, 0.2) is 0 Å². The highest BCUT2D eigenvalue weighted by molar-refractivity contribution is 4.85. The van der Waals surface area contributed by atoms with E-state index in [0.717, 1.165) is 30.6 Å². The molecule has 0 spiro atoms. The van der Waals surface area contributed by atoms with Crippen molar-refractivity contribution in [2.45, 2.75) is 129 Å². The molecule has 0 aromatic heterocycles. The van der Waals surface area contributed by atoms with Crippen LogP contribution in [0.2, 0.25) is 0 Å². The average Bonchev–Trinajstić information content (AvgIpc) is 2.69. The van der Waals surface area contributed by atoms with E-state index in [1.807, 2.05) is 0 Å². The van der Waals surface area contributed by atoms with E-state index in [-0.39, 0.29) is 24.7 Å². The summed E-state index contributed by atoms with van der Waals surface area (Å²) >= 11 is 0. The highest BCUT2D eigenvalue weighted by Crippen LogP contribution is 2.45. The summed E-state index contributed by atoms with van der Waals surface area (Å²) in [6.45, 7) is 4.43. The van der Waals surface area contributed by atoms with Crippen molar-refractivity contribution in [1.82, 2.24) is 0 Å². The molecule has 0 aliphatic heterocycles. The molecule has 0 heterocycles. The molecule has 0 aromatic rings. The normalized spacial score (nSPS) is 34.3. The van der Waals surface area contributed by atoms with Crippen molar-refractivity contribution < 1.29 is 8.78 Å². The second-order valence-electron chi connectivity index (χ2n) is 11.0. The van der Waals surface area contributed by atoms with Gasteiger partial charge in [0.1, 0.15) is 0 Å². The Bertz CT molecular complexity index is 424.